The van der Waals surface area contributed by atoms with Gasteiger partial charge in [-0.2, -0.15) is 0 Å². The average Bonchev–Trinajstić information content (AvgIpc) is 2.44. The monoisotopic (exact) mass is 268 g/mol. The SMILES string of the molecule is CCN(C(=O)c1cc(N)c(C)cc1C)c1ccccc1. The molecule has 3 heteroatoms. The number of rotatable bonds is 3. The molecule has 0 saturated heterocycles. The van der Waals surface area contributed by atoms with Gasteiger partial charge in [-0.15, -0.1) is 0 Å². The van der Waals surface area contributed by atoms with Gasteiger partial charge in [0.05, 0.1) is 0 Å². The molecule has 2 aromatic carbocycles. The normalized spacial score (nSPS) is 10.3. The predicted octanol–water partition coefficient (Wildman–Crippen LogP) is 3.55. The highest BCUT2D eigenvalue weighted by Gasteiger charge is 2.18. The van der Waals surface area contributed by atoms with Crippen LogP contribution in [0.5, 0.6) is 0 Å². The van der Waals surface area contributed by atoms with Crippen molar-refractivity contribution in [3.05, 3.63) is 59.2 Å². The van der Waals surface area contributed by atoms with Crippen molar-refractivity contribution in [3.8, 4) is 0 Å². The minimum absolute atomic E-state index is 0.0112. The van der Waals surface area contributed by atoms with Crippen molar-refractivity contribution in [2.75, 3.05) is 17.2 Å². The molecule has 0 spiro atoms. The zero-order valence-electron chi connectivity index (χ0n) is 12.2. The summed E-state index contributed by atoms with van der Waals surface area (Å²) in [6, 6.07) is 13.4. The first kappa shape index (κ1) is 14.1. The maximum Gasteiger partial charge on any atom is 0.258 e. The first-order valence-electron chi connectivity index (χ1n) is 6.78. The van der Waals surface area contributed by atoms with Crippen LogP contribution >= 0.6 is 0 Å². The number of nitrogens with zero attached hydrogens (tertiary/aromatic N) is 1. The zero-order chi connectivity index (χ0) is 14.7. The van der Waals surface area contributed by atoms with Crippen LogP contribution in [0, 0.1) is 13.8 Å². The first-order valence-corrected chi connectivity index (χ1v) is 6.78. The van der Waals surface area contributed by atoms with Gasteiger partial charge in [-0.25, -0.2) is 0 Å². The van der Waals surface area contributed by atoms with E-state index in [1.54, 1.807) is 11.0 Å². The molecule has 20 heavy (non-hydrogen) atoms. The van der Waals surface area contributed by atoms with Crippen LogP contribution in [0.4, 0.5) is 11.4 Å². The second-order valence-electron chi connectivity index (χ2n) is 4.91. The van der Waals surface area contributed by atoms with Crippen LogP contribution in [0.15, 0.2) is 42.5 Å². The van der Waals surface area contributed by atoms with E-state index in [9.17, 15) is 4.79 Å². The second kappa shape index (κ2) is 5.78. The van der Waals surface area contributed by atoms with E-state index in [-0.39, 0.29) is 5.91 Å². The fourth-order valence-corrected chi connectivity index (χ4v) is 2.30. The van der Waals surface area contributed by atoms with Crippen LogP contribution < -0.4 is 10.6 Å². The third-order valence-electron chi connectivity index (χ3n) is 3.47. The van der Waals surface area contributed by atoms with Crippen molar-refractivity contribution < 1.29 is 4.79 Å². The Morgan fingerprint density at radius 3 is 2.35 bits per heavy atom. The van der Waals surface area contributed by atoms with E-state index in [0.29, 0.717) is 17.8 Å². The molecule has 104 valence electrons. The Bertz CT molecular complexity index is 620. The molecule has 2 rings (SSSR count). The van der Waals surface area contributed by atoms with Gasteiger partial charge in [0.2, 0.25) is 0 Å². The lowest BCUT2D eigenvalue weighted by atomic mass is 10.0. The fourth-order valence-electron chi connectivity index (χ4n) is 2.30. The van der Waals surface area contributed by atoms with E-state index in [0.717, 1.165) is 16.8 Å². The first-order chi connectivity index (χ1) is 9.54. The molecular weight excluding hydrogens is 248 g/mol. The number of anilines is 2. The number of para-hydroxylation sites is 1. The molecule has 0 aliphatic carbocycles. The summed E-state index contributed by atoms with van der Waals surface area (Å²) in [5, 5.41) is 0. The summed E-state index contributed by atoms with van der Waals surface area (Å²) in [6.07, 6.45) is 0. The Morgan fingerprint density at radius 1 is 1.10 bits per heavy atom. The largest absolute Gasteiger partial charge is 0.398 e. The smallest absolute Gasteiger partial charge is 0.258 e. The molecule has 0 atom stereocenters. The molecule has 0 fully saturated rings. The van der Waals surface area contributed by atoms with E-state index in [1.807, 2.05) is 57.2 Å². The minimum Gasteiger partial charge on any atom is -0.398 e. The molecule has 0 heterocycles. The summed E-state index contributed by atoms with van der Waals surface area (Å²) >= 11 is 0. The molecule has 0 bridgehead atoms. The second-order valence-corrected chi connectivity index (χ2v) is 4.91. The van der Waals surface area contributed by atoms with Gasteiger partial charge < -0.3 is 10.6 Å². The van der Waals surface area contributed by atoms with Gasteiger partial charge in [0.15, 0.2) is 0 Å². The Kier molecular flexibility index (Phi) is 4.08. The summed E-state index contributed by atoms with van der Waals surface area (Å²) in [7, 11) is 0. The van der Waals surface area contributed by atoms with Crippen molar-refractivity contribution in [3.63, 3.8) is 0 Å². The zero-order valence-corrected chi connectivity index (χ0v) is 12.2. The number of carbonyl (C=O) groups is 1. The number of hydrogen-bond donors (Lipinski definition) is 1. The van der Waals surface area contributed by atoms with E-state index in [2.05, 4.69) is 0 Å². The summed E-state index contributed by atoms with van der Waals surface area (Å²) < 4.78 is 0. The molecule has 0 aromatic heterocycles. The fraction of sp³-hybridized carbons (Fsp3) is 0.235. The predicted molar refractivity (Wildman–Crippen MR) is 84.1 cm³/mol. The Morgan fingerprint density at radius 2 is 1.75 bits per heavy atom. The molecule has 0 aliphatic heterocycles. The molecule has 0 unspecified atom stereocenters. The van der Waals surface area contributed by atoms with Crippen LogP contribution in [-0.2, 0) is 0 Å². The lowest BCUT2D eigenvalue weighted by Crippen LogP contribution is -2.31. The number of hydrogen-bond acceptors (Lipinski definition) is 2. The Hall–Kier alpha value is -2.29. The number of carbonyl (C=O) groups excluding carboxylic acids is 1. The highest BCUT2D eigenvalue weighted by atomic mass is 16.2. The number of aryl methyl sites for hydroxylation is 2. The van der Waals surface area contributed by atoms with Crippen molar-refractivity contribution in [1.82, 2.24) is 0 Å². The average molecular weight is 268 g/mol. The minimum atomic E-state index is -0.0112. The summed E-state index contributed by atoms with van der Waals surface area (Å²) in [5.74, 6) is -0.0112. The molecule has 0 saturated carbocycles. The number of amides is 1. The maximum atomic E-state index is 12.7. The van der Waals surface area contributed by atoms with Crippen LogP contribution in [0.25, 0.3) is 0 Å². The van der Waals surface area contributed by atoms with Gasteiger partial charge in [-0.05, 0) is 50.1 Å². The van der Waals surface area contributed by atoms with Crippen LogP contribution in [0.1, 0.15) is 28.4 Å². The van der Waals surface area contributed by atoms with Crippen molar-refractivity contribution in [2.45, 2.75) is 20.8 Å². The van der Waals surface area contributed by atoms with Crippen LogP contribution in [0.3, 0.4) is 0 Å². The molecule has 0 radical (unpaired) electrons. The van der Waals surface area contributed by atoms with Crippen molar-refractivity contribution in [1.29, 1.82) is 0 Å². The highest BCUT2D eigenvalue weighted by molar-refractivity contribution is 6.07. The van der Waals surface area contributed by atoms with E-state index in [1.165, 1.54) is 0 Å². The Labute approximate surface area is 120 Å². The third-order valence-corrected chi connectivity index (χ3v) is 3.47. The number of nitrogens with two attached hydrogens (primary N) is 1. The number of nitrogen functional groups attached to an aromatic ring is 1. The van der Waals surface area contributed by atoms with Crippen LogP contribution in [0.2, 0.25) is 0 Å². The van der Waals surface area contributed by atoms with E-state index in [4.69, 9.17) is 5.73 Å². The quantitative estimate of drug-likeness (QED) is 0.865. The third kappa shape index (κ3) is 2.67. The lowest BCUT2D eigenvalue weighted by molar-refractivity contribution is 0.0988. The molecule has 3 nitrogen and oxygen atoms in total. The lowest BCUT2D eigenvalue weighted by Gasteiger charge is -2.22. The van der Waals surface area contributed by atoms with Gasteiger partial charge in [-0.1, -0.05) is 24.3 Å². The van der Waals surface area contributed by atoms with E-state index >= 15 is 0 Å². The van der Waals surface area contributed by atoms with Gasteiger partial charge >= 0.3 is 0 Å². The highest BCUT2D eigenvalue weighted by Crippen LogP contribution is 2.22. The van der Waals surface area contributed by atoms with Gasteiger partial charge in [-0.3, -0.25) is 4.79 Å². The maximum absolute atomic E-state index is 12.7. The van der Waals surface area contributed by atoms with E-state index < -0.39 is 0 Å². The van der Waals surface area contributed by atoms with Crippen LogP contribution in [-0.4, -0.2) is 12.5 Å². The van der Waals surface area contributed by atoms with Crippen molar-refractivity contribution in [2.24, 2.45) is 0 Å². The van der Waals surface area contributed by atoms with Gasteiger partial charge in [0, 0.05) is 23.5 Å². The standard InChI is InChI=1S/C17H20N2O/c1-4-19(14-8-6-5-7-9-14)17(20)15-11-16(18)13(3)10-12(15)2/h5-11H,4,18H2,1-3H3. The summed E-state index contributed by atoms with van der Waals surface area (Å²) in [6.45, 7) is 6.48. The van der Waals surface area contributed by atoms with Gasteiger partial charge in [0.1, 0.15) is 0 Å². The molecular formula is C17H20N2O. The van der Waals surface area contributed by atoms with Gasteiger partial charge in [0.25, 0.3) is 5.91 Å². The van der Waals surface area contributed by atoms with Crippen molar-refractivity contribution >= 4 is 17.3 Å². The summed E-state index contributed by atoms with van der Waals surface area (Å²) in [5.41, 5.74) is 10.1. The Balaban J connectivity index is 2.42. The molecule has 0 aliphatic rings. The summed E-state index contributed by atoms with van der Waals surface area (Å²) in [4.78, 5) is 14.5. The topological polar surface area (TPSA) is 46.3 Å². The molecule has 1 amide bonds. The molecule has 2 N–H and O–H groups in total. The number of benzene rings is 2. The molecule has 2 aromatic rings.